The van der Waals surface area contributed by atoms with Gasteiger partial charge in [0, 0.05) is 5.57 Å². The van der Waals surface area contributed by atoms with Crippen LogP contribution in [0.4, 0.5) is 0 Å². The summed E-state index contributed by atoms with van der Waals surface area (Å²) in [5, 5.41) is -0.171. The van der Waals surface area contributed by atoms with Gasteiger partial charge >= 0.3 is 5.97 Å². The van der Waals surface area contributed by atoms with Gasteiger partial charge in [0.25, 0.3) is 0 Å². The van der Waals surface area contributed by atoms with Gasteiger partial charge in [-0.1, -0.05) is 13.5 Å². The van der Waals surface area contributed by atoms with Gasteiger partial charge in [0.1, 0.15) is 6.61 Å². The van der Waals surface area contributed by atoms with E-state index in [2.05, 4.69) is 13.5 Å². The molecule has 0 radical (unpaired) electrons. The summed E-state index contributed by atoms with van der Waals surface area (Å²) in [6.07, 6.45) is 2.35. The predicted molar refractivity (Wildman–Crippen MR) is 59.0 cm³/mol. The fraction of sp³-hybridized carbons (Fsp3) is 0.727. The summed E-state index contributed by atoms with van der Waals surface area (Å²) in [6, 6.07) is 0. The van der Waals surface area contributed by atoms with E-state index < -0.39 is 0 Å². The Hall–Kier alpha value is -0.540. The van der Waals surface area contributed by atoms with Gasteiger partial charge in [0.2, 0.25) is 0 Å². The molecule has 0 N–H and O–H groups in total. The molecule has 0 aromatic rings. The highest BCUT2D eigenvalue weighted by Crippen LogP contribution is 2.30. The van der Waals surface area contributed by atoms with Crippen LogP contribution in [0, 0.1) is 0 Å². The van der Waals surface area contributed by atoms with Crippen LogP contribution in [0.3, 0.4) is 0 Å². The summed E-state index contributed by atoms with van der Waals surface area (Å²) in [6.45, 7) is 7.41. The Morgan fingerprint density at radius 3 is 2.73 bits per heavy atom. The normalized spacial score (nSPS) is 25.8. The van der Waals surface area contributed by atoms with Crippen LogP contribution in [0.15, 0.2) is 12.2 Å². The number of hydrogen-bond acceptors (Lipinski definition) is 3. The third kappa shape index (κ3) is 4.22. The fourth-order valence-electron chi connectivity index (χ4n) is 1.36. The van der Waals surface area contributed by atoms with Crippen molar-refractivity contribution in [3.8, 4) is 0 Å². The largest absolute Gasteiger partial charge is 0.461 e. The molecule has 1 fully saturated rings. The standard InChI is InChI=1S/C11H17ClO3/c1-4-9-10(15-9)5-8(12)6-14-11(13)7(2)3/h8-10H,2,4-6H2,1,3H3. The van der Waals surface area contributed by atoms with Crippen molar-refractivity contribution in [3.05, 3.63) is 12.2 Å². The molecule has 3 unspecified atom stereocenters. The highest BCUT2D eigenvalue weighted by molar-refractivity contribution is 6.20. The number of carbonyl (C=O) groups excluding carboxylic acids is 1. The number of rotatable bonds is 6. The van der Waals surface area contributed by atoms with E-state index in [1.807, 2.05) is 0 Å². The van der Waals surface area contributed by atoms with E-state index >= 15 is 0 Å². The zero-order valence-electron chi connectivity index (χ0n) is 9.16. The first kappa shape index (κ1) is 12.5. The van der Waals surface area contributed by atoms with Crippen LogP contribution in [0.5, 0.6) is 0 Å². The average molecular weight is 233 g/mol. The molecular weight excluding hydrogens is 216 g/mol. The van der Waals surface area contributed by atoms with Crippen molar-refractivity contribution in [3.63, 3.8) is 0 Å². The van der Waals surface area contributed by atoms with E-state index in [9.17, 15) is 4.79 Å². The molecule has 1 aliphatic heterocycles. The minimum Gasteiger partial charge on any atom is -0.461 e. The zero-order chi connectivity index (χ0) is 11.4. The van der Waals surface area contributed by atoms with Crippen molar-refractivity contribution in [2.75, 3.05) is 6.61 Å². The molecule has 3 nitrogen and oxygen atoms in total. The van der Waals surface area contributed by atoms with Gasteiger partial charge in [-0.05, 0) is 19.8 Å². The van der Waals surface area contributed by atoms with Crippen LogP contribution in [0.2, 0.25) is 0 Å². The Balaban J connectivity index is 2.11. The van der Waals surface area contributed by atoms with Crippen LogP contribution in [0.25, 0.3) is 0 Å². The minimum atomic E-state index is -0.385. The maximum absolute atomic E-state index is 11.1. The van der Waals surface area contributed by atoms with E-state index in [4.69, 9.17) is 21.1 Å². The Kier molecular flexibility index (Phi) is 4.61. The molecule has 0 saturated carbocycles. The van der Waals surface area contributed by atoms with Gasteiger partial charge in [-0.15, -0.1) is 11.6 Å². The number of carbonyl (C=O) groups is 1. The van der Waals surface area contributed by atoms with Gasteiger partial charge in [-0.3, -0.25) is 0 Å². The van der Waals surface area contributed by atoms with Crippen LogP contribution >= 0.6 is 11.6 Å². The second-order valence-corrected chi connectivity index (χ2v) is 4.45. The molecule has 1 rings (SSSR count). The lowest BCUT2D eigenvalue weighted by molar-refractivity contribution is -0.138. The van der Waals surface area contributed by atoms with Gasteiger partial charge < -0.3 is 9.47 Å². The summed E-state index contributed by atoms with van der Waals surface area (Å²) in [4.78, 5) is 11.1. The first-order valence-corrected chi connectivity index (χ1v) is 5.60. The Bertz CT molecular complexity index is 252. The molecule has 1 saturated heterocycles. The predicted octanol–water partition coefficient (Wildman–Crippen LogP) is 2.28. The van der Waals surface area contributed by atoms with Gasteiger partial charge in [-0.2, -0.15) is 0 Å². The molecule has 4 heteroatoms. The van der Waals surface area contributed by atoms with Crippen LogP contribution in [-0.4, -0.2) is 30.2 Å². The number of hydrogen-bond donors (Lipinski definition) is 0. The highest BCUT2D eigenvalue weighted by Gasteiger charge is 2.38. The summed E-state index contributed by atoms with van der Waals surface area (Å²) >= 11 is 6.00. The van der Waals surface area contributed by atoms with Crippen molar-refractivity contribution < 1.29 is 14.3 Å². The summed E-state index contributed by atoms with van der Waals surface area (Å²) in [5.74, 6) is -0.385. The molecule has 1 aliphatic rings. The lowest BCUT2D eigenvalue weighted by Gasteiger charge is -2.08. The van der Waals surface area contributed by atoms with Crippen LogP contribution in [-0.2, 0) is 14.3 Å². The lowest BCUT2D eigenvalue weighted by Crippen LogP contribution is -2.16. The Morgan fingerprint density at radius 1 is 1.60 bits per heavy atom. The molecule has 0 amide bonds. The quantitative estimate of drug-likeness (QED) is 0.305. The van der Waals surface area contributed by atoms with Crippen molar-refractivity contribution in [1.82, 2.24) is 0 Å². The Morgan fingerprint density at radius 2 is 2.27 bits per heavy atom. The first-order chi connectivity index (χ1) is 7.04. The van der Waals surface area contributed by atoms with E-state index in [0.29, 0.717) is 11.7 Å². The molecule has 0 spiro atoms. The maximum Gasteiger partial charge on any atom is 0.333 e. The lowest BCUT2D eigenvalue weighted by atomic mass is 10.1. The summed E-state index contributed by atoms with van der Waals surface area (Å²) in [7, 11) is 0. The van der Waals surface area contributed by atoms with E-state index in [1.165, 1.54) is 0 Å². The number of halogens is 1. The van der Waals surface area contributed by atoms with Crippen molar-refractivity contribution in [2.24, 2.45) is 0 Å². The fourth-order valence-corrected chi connectivity index (χ4v) is 1.59. The molecule has 0 aromatic carbocycles. The third-order valence-electron chi connectivity index (χ3n) is 2.32. The third-order valence-corrected chi connectivity index (χ3v) is 2.63. The molecular formula is C11H17ClO3. The van der Waals surface area contributed by atoms with Crippen LogP contribution < -0.4 is 0 Å². The SMILES string of the molecule is C=C(C)C(=O)OCC(Cl)CC1OC1CC. The molecule has 86 valence electrons. The number of epoxide rings is 1. The topological polar surface area (TPSA) is 38.8 Å². The molecule has 3 atom stereocenters. The molecule has 1 heterocycles. The smallest absolute Gasteiger partial charge is 0.333 e. The molecule has 0 aromatic heterocycles. The highest BCUT2D eigenvalue weighted by atomic mass is 35.5. The van der Waals surface area contributed by atoms with Gasteiger partial charge in [0.15, 0.2) is 0 Å². The van der Waals surface area contributed by atoms with E-state index in [1.54, 1.807) is 6.92 Å². The van der Waals surface area contributed by atoms with E-state index in [0.717, 1.165) is 12.8 Å². The monoisotopic (exact) mass is 232 g/mol. The van der Waals surface area contributed by atoms with E-state index in [-0.39, 0.29) is 24.1 Å². The van der Waals surface area contributed by atoms with Gasteiger partial charge in [-0.25, -0.2) is 4.79 Å². The maximum atomic E-state index is 11.1. The first-order valence-electron chi connectivity index (χ1n) is 5.16. The van der Waals surface area contributed by atoms with Crippen molar-refractivity contribution >= 4 is 17.6 Å². The number of esters is 1. The minimum absolute atomic E-state index is 0.171. The van der Waals surface area contributed by atoms with Gasteiger partial charge in [0.05, 0.1) is 17.6 Å². The number of ether oxygens (including phenoxy) is 2. The molecule has 15 heavy (non-hydrogen) atoms. The Labute approximate surface area is 95.4 Å². The average Bonchev–Trinajstić information content (AvgIpc) is 2.92. The number of alkyl halides is 1. The summed E-state index contributed by atoms with van der Waals surface area (Å²) in [5.41, 5.74) is 0.396. The second kappa shape index (κ2) is 5.52. The second-order valence-electron chi connectivity index (χ2n) is 3.83. The summed E-state index contributed by atoms with van der Waals surface area (Å²) < 4.78 is 10.3. The zero-order valence-corrected chi connectivity index (χ0v) is 9.92. The molecule has 0 aliphatic carbocycles. The van der Waals surface area contributed by atoms with Crippen molar-refractivity contribution in [1.29, 1.82) is 0 Å². The van der Waals surface area contributed by atoms with Crippen LogP contribution in [0.1, 0.15) is 26.7 Å². The molecule has 0 bridgehead atoms. The van der Waals surface area contributed by atoms with Crippen molar-refractivity contribution in [2.45, 2.75) is 44.3 Å².